The van der Waals surface area contributed by atoms with Crippen LogP contribution in [0.1, 0.15) is 37.8 Å². The molecule has 8 heteroatoms. The van der Waals surface area contributed by atoms with Gasteiger partial charge in [-0.15, -0.1) is 0 Å². The first-order valence-corrected chi connectivity index (χ1v) is 10.7. The van der Waals surface area contributed by atoms with Gasteiger partial charge in [0.1, 0.15) is 5.82 Å². The maximum absolute atomic E-state index is 6.29. The van der Waals surface area contributed by atoms with Gasteiger partial charge in [0.05, 0.1) is 17.6 Å². The van der Waals surface area contributed by atoms with Crippen LogP contribution in [0.15, 0.2) is 24.5 Å². The van der Waals surface area contributed by atoms with Crippen molar-refractivity contribution < 1.29 is 0 Å². The fraction of sp³-hybridized carbons (Fsp3) is 0.524. The smallest absolute Gasteiger partial charge is 0.183 e. The summed E-state index contributed by atoms with van der Waals surface area (Å²) < 4.78 is 0. The lowest BCUT2D eigenvalue weighted by Crippen LogP contribution is -2.56. The van der Waals surface area contributed by atoms with Crippen molar-refractivity contribution in [3.8, 4) is 0 Å². The minimum Gasteiger partial charge on any atom is -0.355 e. The van der Waals surface area contributed by atoms with E-state index < -0.39 is 0 Å². The average molecular weight is 390 g/mol. The number of fused-ring (bicyclic) bond motifs is 2. The Kier molecular flexibility index (Phi) is 3.77. The van der Waals surface area contributed by atoms with Gasteiger partial charge in [-0.05, 0) is 56.1 Å². The van der Waals surface area contributed by atoms with E-state index in [0.29, 0.717) is 11.5 Å². The summed E-state index contributed by atoms with van der Waals surface area (Å²) >= 11 is 0. The van der Waals surface area contributed by atoms with E-state index in [4.69, 9.17) is 15.7 Å². The Bertz CT molecular complexity index is 1050. The average Bonchev–Trinajstić information content (AvgIpc) is 3.21. The molecule has 3 aliphatic rings. The van der Waals surface area contributed by atoms with E-state index in [0.717, 1.165) is 79.5 Å². The van der Waals surface area contributed by atoms with Gasteiger partial charge in [-0.3, -0.25) is 10.1 Å². The van der Waals surface area contributed by atoms with E-state index in [9.17, 15) is 0 Å². The van der Waals surface area contributed by atoms with Crippen LogP contribution >= 0.6 is 0 Å². The molecule has 0 radical (unpaired) electrons. The molecule has 0 aromatic carbocycles. The topological polar surface area (TPSA) is 99.9 Å². The number of nitrogens with two attached hydrogens (primary N) is 1. The molecule has 0 unspecified atom stereocenters. The molecule has 1 spiro atoms. The summed E-state index contributed by atoms with van der Waals surface area (Å²) in [5, 5.41) is 7.68. The number of piperidine rings is 1. The zero-order chi connectivity index (χ0) is 19.4. The molecule has 6 rings (SSSR count). The van der Waals surface area contributed by atoms with Gasteiger partial charge < -0.3 is 15.5 Å². The van der Waals surface area contributed by atoms with Crippen LogP contribution in [-0.4, -0.2) is 50.8 Å². The third-order valence-electron chi connectivity index (χ3n) is 7.27. The van der Waals surface area contributed by atoms with Gasteiger partial charge in [0.25, 0.3) is 0 Å². The maximum atomic E-state index is 6.29. The second-order valence-electron chi connectivity index (χ2n) is 8.69. The van der Waals surface area contributed by atoms with Crippen molar-refractivity contribution in [1.82, 2.24) is 25.1 Å². The largest absolute Gasteiger partial charge is 0.355 e. The molecule has 150 valence electrons. The summed E-state index contributed by atoms with van der Waals surface area (Å²) in [5.74, 6) is 1.77. The van der Waals surface area contributed by atoms with Gasteiger partial charge in [0.15, 0.2) is 17.0 Å². The fourth-order valence-electron chi connectivity index (χ4n) is 5.25. The molecule has 0 amide bonds. The normalized spacial score (nSPS) is 23.3. The second-order valence-corrected chi connectivity index (χ2v) is 8.69. The van der Waals surface area contributed by atoms with Gasteiger partial charge in [0, 0.05) is 31.9 Å². The van der Waals surface area contributed by atoms with Crippen molar-refractivity contribution in [2.75, 3.05) is 29.4 Å². The van der Waals surface area contributed by atoms with E-state index >= 15 is 0 Å². The zero-order valence-corrected chi connectivity index (χ0v) is 16.5. The van der Waals surface area contributed by atoms with Crippen LogP contribution in [0.25, 0.3) is 11.2 Å². The monoisotopic (exact) mass is 390 g/mol. The number of aryl methyl sites for hydroxylation is 1. The van der Waals surface area contributed by atoms with E-state index in [1.165, 1.54) is 12.8 Å². The van der Waals surface area contributed by atoms with E-state index in [-0.39, 0.29) is 0 Å². The number of aromatic nitrogens is 5. The van der Waals surface area contributed by atoms with Gasteiger partial charge >= 0.3 is 0 Å². The van der Waals surface area contributed by atoms with Crippen LogP contribution in [0.5, 0.6) is 0 Å². The number of hydrogen-bond donors (Lipinski definition) is 2. The number of pyridine rings is 1. The number of H-pyrrole nitrogens is 1. The van der Waals surface area contributed by atoms with Crippen molar-refractivity contribution in [2.24, 2.45) is 11.1 Å². The number of hydrogen-bond acceptors (Lipinski definition) is 7. The molecular weight excluding hydrogens is 364 g/mol. The highest BCUT2D eigenvalue weighted by molar-refractivity contribution is 5.87. The Labute approximate surface area is 169 Å². The standard InChI is InChI=1S/C21H26N8/c22-16-5-6-21(16)7-11-28(12-8-21)17-13-24-18-19(25-17)26-27-20(18)29-10-2-3-14-15(29)4-1-9-23-14/h1,4,9,13,16H,2-3,5-8,10-12,22H2,(H,25,26,27)/t16-/m1/s1. The van der Waals surface area contributed by atoms with Crippen molar-refractivity contribution in [3.05, 3.63) is 30.2 Å². The van der Waals surface area contributed by atoms with E-state index in [1.54, 1.807) is 0 Å². The molecule has 3 aromatic rings. The quantitative estimate of drug-likeness (QED) is 0.693. The van der Waals surface area contributed by atoms with Crippen LogP contribution in [0.2, 0.25) is 0 Å². The number of nitrogens with one attached hydrogen (secondary N) is 1. The van der Waals surface area contributed by atoms with Crippen molar-refractivity contribution in [1.29, 1.82) is 0 Å². The molecule has 3 aromatic heterocycles. The third kappa shape index (κ3) is 2.62. The predicted octanol–water partition coefficient (Wildman–Crippen LogP) is 2.54. The Balaban J connectivity index is 1.28. The van der Waals surface area contributed by atoms with Gasteiger partial charge in [-0.25, -0.2) is 9.97 Å². The predicted molar refractivity (Wildman–Crippen MR) is 112 cm³/mol. The summed E-state index contributed by atoms with van der Waals surface area (Å²) in [6, 6.07) is 4.47. The molecule has 1 saturated carbocycles. The van der Waals surface area contributed by atoms with Crippen molar-refractivity contribution in [3.63, 3.8) is 0 Å². The minimum atomic E-state index is 0.380. The Morgan fingerprint density at radius 1 is 1.14 bits per heavy atom. The summed E-state index contributed by atoms with van der Waals surface area (Å²) in [7, 11) is 0. The Hall–Kier alpha value is -2.74. The Morgan fingerprint density at radius 3 is 2.83 bits per heavy atom. The molecular formula is C21H26N8. The lowest BCUT2D eigenvalue weighted by molar-refractivity contribution is 0.0610. The van der Waals surface area contributed by atoms with Crippen molar-refractivity contribution in [2.45, 2.75) is 44.6 Å². The number of rotatable bonds is 2. The zero-order valence-electron chi connectivity index (χ0n) is 16.5. The summed E-state index contributed by atoms with van der Waals surface area (Å²) in [6.45, 7) is 2.91. The molecule has 1 aliphatic carbocycles. The molecule has 5 heterocycles. The van der Waals surface area contributed by atoms with E-state index in [2.05, 4.69) is 31.0 Å². The highest BCUT2D eigenvalue weighted by Crippen LogP contribution is 2.48. The van der Waals surface area contributed by atoms with Gasteiger partial charge in [0.2, 0.25) is 0 Å². The maximum Gasteiger partial charge on any atom is 0.183 e. The highest BCUT2D eigenvalue weighted by atomic mass is 15.3. The fourth-order valence-corrected chi connectivity index (χ4v) is 5.25. The molecule has 1 saturated heterocycles. The van der Waals surface area contributed by atoms with Crippen LogP contribution < -0.4 is 15.5 Å². The Morgan fingerprint density at radius 2 is 2.03 bits per heavy atom. The van der Waals surface area contributed by atoms with Crippen LogP contribution in [0.4, 0.5) is 17.3 Å². The van der Waals surface area contributed by atoms with Crippen LogP contribution in [0, 0.1) is 5.41 Å². The molecule has 29 heavy (non-hydrogen) atoms. The first kappa shape index (κ1) is 17.1. The van der Waals surface area contributed by atoms with Gasteiger partial charge in [-0.2, -0.15) is 5.10 Å². The molecule has 2 aliphatic heterocycles. The molecule has 1 atom stereocenters. The van der Waals surface area contributed by atoms with Crippen LogP contribution in [-0.2, 0) is 6.42 Å². The van der Waals surface area contributed by atoms with Crippen molar-refractivity contribution >= 4 is 28.5 Å². The second kappa shape index (κ2) is 6.38. The summed E-state index contributed by atoms with van der Waals surface area (Å²) in [5.41, 5.74) is 10.5. The van der Waals surface area contributed by atoms with Crippen LogP contribution in [0.3, 0.4) is 0 Å². The first-order chi connectivity index (χ1) is 14.2. The molecule has 3 N–H and O–H groups in total. The number of anilines is 3. The minimum absolute atomic E-state index is 0.380. The third-order valence-corrected chi connectivity index (χ3v) is 7.27. The first-order valence-electron chi connectivity index (χ1n) is 10.7. The molecule has 2 fully saturated rings. The number of aromatic amines is 1. The lowest BCUT2D eigenvalue weighted by atomic mass is 9.60. The molecule has 8 nitrogen and oxygen atoms in total. The highest BCUT2D eigenvalue weighted by Gasteiger charge is 2.46. The summed E-state index contributed by atoms with van der Waals surface area (Å²) in [6.07, 6.45) is 10.6. The van der Waals surface area contributed by atoms with E-state index in [1.807, 2.05) is 18.5 Å². The lowest BCUT2D eigenvalue weighted by Gasteiger charge is -2.52. The molecule has 0 bridgehead atoms. The van der Waals surface area contributed by atoms with Gasteiger partial charge in [-0.1, -0.05) is 0 Å². The SMILES string of the molecule is N[C@@H]1CCC12CCN(c1cnc3c(N4CCCc5ncccc54)n[nH]c3n1)CC2. The number of nitrogens with zero attached hydrogens (tertiary/aromatic N) is 6. The summed E-state index contributed by atoms with van der Waals surface area (Å²) in [4.78, 5) is 18.7.